The fourth-order valence-corrected chi connectivity index (χ4v) is 3.98. The van der Waals surface area contributed by atoms with Crippen LogP contribution in [0.3, 0.4) is 0 Å². The SMILES string of the molecule is CC1c2c(ccc(O)c2O)C(=O)c2cc3c(O)c(C(N)=O)c(O)c(O)c3c(O)c21. The average Bonchev–Trinajstić information content (AvgIpc) is 2.65. The molecule has 9 heteroatoms. The summed E-state index contributed by atoms with van der Waals surface area (Å²) in [6.45, 7) is 1.56. The van der Waals surface area contributed by atoms with Crippen LogP contribution in [0.25, 0.3) is 10.8 Å². The summed E-state index contributed by atoms with van der Waals surface area (Å²) in [6, 6.07) is 3.63. The number of amides is 1. The molecule has 0 bridgehead atoms. The summed E-state index contributed by atoms with van der Waals surface area (Å²) < 4.78 is 0. The number of carbonyl (C=O) groups is 2. The Hall–Kier alpha value is -4.14. The largest absolute Gasteiger partial charge is 0.507 e. The normalized spacial score (nSPS) is 15.2. The lowest BCUT2D eigenvalue weighted by Crippen LogP contribution is -2.19. The number of rotatable bonds is 1. The lowest BCUT2D eigenvalue weighted by Gasteiger charge is -2.27. The highest BCUT2D eigenvalue weighted by Crippen LogP contribution is 2.54. The molecule has 0 radical (unpaired) electrons. The molecule has 0 saturated carbocycles. The highest BCUT2D eigenvalue weighted by atomic mass is 16.3. The zero-order valence-electron chi connectivity index (χ0n) is 14.9. The molecule has 0 heterocycles. The highest BCUT2D eigenvalue weighted by molar-refractivity contribution is 6.18. The molecule has 0 aliphatic heterocycles. The molecule has 8 N–H and O–H groups in total. The van der Waals surface area contributed by atoms with Gasteiger partial charge in [-0.1, -0.05) is 6.92 Å². The third-order valence-electron chi connectivity index (χ3n) is 5.33. The third kappa shape index (κ3) is 2.15. The number of benzene rings is 3. The summed E-state index contributed by atoms with van der Waals surface area (Å²) in [5.41, 5.74) is 4.52. The van der Waals surface area contributed by atoms with Gasteiger partial charge in [-0.2, -0.15) is 0 Å². The Labute approximate surface area is 162 Å². The van der Waals surface area contributed by atoms with Gasteiger partial charge in [0, 0.05) is 33.6 Å². The number of nitrogens with two attached hydrogens (primary N) is 1. The number of aromatic hydroxyl groups is 6. The van der Waals surface area contributed by atoms with E-state index < -0.39 is 63.1 Å². The summed E-state index contributed by atoms with van der Waals surface area (Å²) >= 11 is 0. The fourth-order valence-electron chi connectivity index (χ4n) is 3.98. The molecule has 3 aromatic rings. The van der Waals surface area contributed by atoms with Gasteiger partial charge in [-0.3, -0.25) is 9.59 Å². The highest BCUT2D eigenvalue weighted by Gasteiger charge is 2.36. The summed E-state index contributed by atoms with van der Waals surface area (Å²) in [5, 5.41) is 61.0. The van der Waals surface area contributed by atoms with E-state index in [2.05, 4.69) is 0 Å². The first-order valence-corrected chi connectivity index (χ1v) is 8.43. The van der Waals surface area contributed by atoms with Gasteiger partial charge >= 0.3 is 0 Å². The van der Waals surface area contributed by atoms with Gasteiger partial charge in [0.15, 0.2) is 28.8 Å². The van der Waals surface area contributed by atoms with E-state index >= 15 is 0 Å². The van der Waals surface area contributed by atoms with Gasteiger partial charge in [0.2, 0.25) is 0 Å². The van der Waals surface area contributed by atoms with E-state index in [4.69, 9.17) is 5.73 Å². The maximum absolute atomic E-state index is 13.0. The van der Waals surface area contributed by atoms with Crippen molar-refractivity contribution in [3.8, 4) is 34.5 Å². The van der Waals surface area contributed by atoms with Crippen LogP contribution in [0, 0.1) is 0 Å². The smallest absolute Gasteiger partial charge is 0.256 e. The van der Waals surface area contributed by atoms with Crippen LogP contribution in [-0.4, -0.2) is 42.3 Å². The van der Waals surface area contributed by atoms with E-state index in [0.29, 0.717) is 0 Å². The summed E-state index contributed by atoms with van der Waals surface area (Å²) in [6.07, 6.45) is 0. The molecule has 3 aromatic carbocycles. The van der Waals surface area contributed by atoms with Gasteiger partial charge in [-0.25, -0.2) is 0 Å². The van der Waals surface area contributed by atoms with Crippen molar-refractivity contribution < 1.29 is 40.2 Å². The van der Waals surface area contributed by atoms with Crippen molar-refractivity contribution >= 4 is 22.5 Å². The van der Waals surface area contributed by atoms with Crippen LogP contribution in [0.4, 0.5) is 0 Å². The number of phenols is 6. The summed E-state index contributed by atoms with van der Waals surface area (Å²) in [4.78, 5) is 24.6. The predicted octanol–water partition coefficient (Wildman–Crippen LogP) is 1.87. The molecule has 0 fully saturated rings. The lowest BCUT2D eigenvalue weighted by atomic mass is 9.76. The lowest BCUT2D eigenvalue weighted by molar-refractivity contribution is 0.0993. The Morgan fingerprint density at radius 2 is 1.48 bits per heavy atom. The van der Waals surface area contributed by atoms with E-state index in [-0.39, 0.29) is 27.6 Å². The van der Waals surface area contributed by atoms with Gasteiger partial charge in [0.25, 0.3) is 5.91 Å². The van der Waals surface area contributed by atoms with Crippen LogP contribution >= 0.6 is 0 Å². The van der Waals surface area contributed by atoms with Crippen molar-refractivity contribution in [3.63, 3.8) is 0 Å². The van der Waals surface area contributed by atoms with Crippen molar-refractivity contribution in [2.24, 2.45) is 5.73 Å². The van der Waals surface area contributed by atoms with Gasteiger partial charge in [0.1, 0.15) is 17.1 Å². The summed E-state index contributed by atoms with van der Waals surface area (Å²) in [5.74, 6) is -6.97. The second-order valence-corrected chi connectivity index (χ2v) is 6.84. The monoisotopic (exact) mass is 397 g/mol. The maximum atomic E-state index is 13.0. The first-order valence-electron chi connectivity index (χ1n) is 8.43. The molecule has 1 unspecified atom stereocenters. The Morgan fingerprint density at radius 1 is 0.862 bits per heavy atom. The molecule has 1 aliphatic carbocycles. The Kier molecular flexibility index (Phi) is 3.57. The molecule has 0 aromatic heterocycles. The van der Waals surface area contributed by atoms with Gasteiger partial charge in [0.05, 0.1) is 5.39 Å². The number of hydrogen-bond acceptors (Lipinski definition) is 8. The van der Waals surface area contributed by atoms with E-state index in [1.54, 1.807) is 6.92 Å². The molecular formula is C20H15NO8. The van der Waals surface area contributed by atoms with Crippen molar-refractivity contribution in [3.05, 3.63) is 46.0 Å². The number of hydrogen-bond donors (Lipinski definition) is 7. The van der Waals surface area contributed by atoms with E-state index in [0.717, 1.165) is 12.1 Å². The standard InChI is InChI=1S/C20H15NO8/c1-5-10-6(2-3-9(22)16(10)25)14(23)7-4-8-12(17(26)11(5)7)18(27)19(28)13(15(8)24)20(21)29/h2-5,22,24-28H,1H3,(H2,21,29). The first kappa shape index (κ1) is 18.2. The number of ketones is 1. The molecule has 1 aliphatic rings. The quantitative estimate of drug-likeness (QED) is 0.240. The molecular weight excluding hydrogens is 382 g/mol. The molecule has 9 nitrogen and oxygen atoms in total. The van der Waals surface area contributed by atoms with Crippen LogP contribution in [0.15, 0.2) is 18.2 Å². The third-order valence-corrected chi connectivity index (χ3v) is 5.33. The van der Waals surface area contributed by atoms with Gasteiger partial charge in [-0.15, -0.1) is 0 Å². The minimum atomic E-state index is -1.22. The number of carbonyl (C=O) groups excluding carboxylic acids is 2. The van der Waals surface area contributed by atoms with Crippen molar-refractivity contribution in [2.45, 2.75) is 12.8 Å². The molecule has 4 rings (SSSR count). The Bertz CT molecular complexity index is 1280. The Morgan fingerprint density at radius 3 is 2.10 bits per heavy atom. The van der Waals surface area contributed by atoms with Gasteiger partial charge < -0.3 is 36.4 Å². The van der Waals surface area contributed by atoms with Crippen LogP contribution in [0.2, 0.25) is 0 Å². The van der Waals surface area contributed by atoms with Crippen LogP contribution in [0.5, 0.6) is 34.5 Å². The predicted molar refractivity (Wildman–Crippen MR) is 99.8 cm³/mol. The van der Waals surface area contributed by atoms with E-state index in [1.165, 1.54) is 6.07 Å². The van der Waals surface area contributed by atoms with Crippen molar-refractivity contribution in [1.82, 2.24) is 0 Å². The second kappa shape index (κ2) is 5.68. The molecule has 0 saturated heterocycles. The first-order chi connectivity index (χ1) is 13.6. The molecule has 1 atom stereocenters. The zero-order chi connectivity index (χ0) is 21.4. The van der Waals surface area contributed by atoms with Crippen LogP contribution in [0.1, 0.15) is 50.2 Å². The fraction of sp³-hybridized carbons (Fsp3) is 0.100. The molecule has 29 heavy (non-hydrogen) atoms. The minimum absolute atomic E-state index is 0.0109. The number of phenolic OH excluding ortho intramolecular Hbond substituents is 4. The number of primary amides is 1. The maximum Gasteiger partial charge on any atom is 0.256 e. The Balaban J connectivity index is 2.17. The van der Waals surface area contributed by atoms with E-state index in [9.17, 15) is 40.2 Å². The molecule has 0 spiro atoms. The van der Waals surface area contributed by atoms with Crippen LogP contribution < -0.4 is 5.73 Å². The second-order valence-electron chi connectivity index (χ2n) is 6.84. The van der Waals surface area contributed by atoms with Crippen LogP contribution in [-0.2, 0) is 0 Å². The van der Waals surface area contributed by atoms with Crippen molar-refractivity contribution in [2.75, 3.05) is 0 Å². The van der Waals surface area contributed by atoms with E-state index in [1.807, 2.05) is 0 Å². The molecule has 148 valence electrons. The zero-order valence-corrected chi connectivity index (χ0v) is 14.9. The van der Waals surface area contributed by atoms with Gasteiger partial charge in [-0.05, 0) is 18.2 Å². The summed E-state index contributed by atoms with van der Waals surface area (Å²) in [7, 11) is 0. The topological polar surface area (TPSA) is 182 Å². The molecule has 1 amide bonds. The minimum Gasteiger partial charge on any atom is -0.507 e. The number of fused-ring (bicyclic) bond motifs is 3. The van der Waals surface area contributed by atoms with Crippen molar-refractivity contribution in [1.29, 1.82) is 0 Å². The average molecular weight is 397 g/mol.